The Morgan fingerprint density at radius 1 is 0.245 bits per heavy atom. The van der Waals surface area contributed by atoms with Crippen molar-refractivity contribution in [1.82, 2.24) is 203 Å². The molecule has 2 aliphatic heterocycles. The molecule has 0 unspecified atom stereocenters. The molecule has 139 heavy (non-hydrogen) atoms. The van der Waals surface area contributed by atoms with Crippen molar-refractivity contribution in [2.45, 2.75) is 285 Å². The summed E-state index contributed by atoms with van der Waals surface area (Å²) in [5, 5.41) is 75.6. The van der Waals surface area contributed by atoms with Crippen molar-refractivity contribution in [1.29, 1.82) is 0 Å². The molecule has 750 valence electrons. The van der Waals surface area contributed by atoms with Crippen LogP contribution >= 0.6 is 0 Å². The average Bonchev–Trinajstić information content (AvgIpc) is 1.73. The lowest BCUT2D eigenvalue weighted by molar-refractivity contribution is 0.126. The van der Waals surface area contributed by atoms with Gasteiger partial charge in [0.1, 0.15) is 0 Å². The molecule has 0 N–H and O–H groups in total. The van der Waals surface area contributed by atoms with E-state index >= 15 is 0 Å². The summed E-state index contributed by atoms with van der Waals surface area (Å²) in [4.78, 5) is 118. The number of likely N-dealkylation sites (tertiary alicyclic amines) is 1. The topological polar surface area (TPSA) is 547 Å². The number of benzene rings is 1. The highest BCUT2D eigenvalue weighted by Gasteiger charge is 2.34. The summed E-state index contributed by atoms with van der Waals surface area (Å²) in [5.74, 6) is 4.40. The quantitative estimate of drug-likeness (QED) is 0.0797. The first kappa shape index (κ1) is 106. The van der Waals surface area contributed by atoms with Crippen LogP contribution in [0, 0.1) is 0 Å². The molecule has 20 rings (SSSR count). The Bertz CT molecular complexity index is 6460. The third-order valence-electron chi connectivity index (χ3n) is 23.0. The predicted octanol–water partition coefficient (Wildman–Crippen LogP) is 5.93. The SMILES string of the molecule is C/C=C/n1nnn(-c2ccccc2)c1=O.C/C=C/n1nnn(C2CC2)c1=O.C/C=C/n1nnn(C2CCC2)c1=O.C/C=C/n1nnn(C2CCC2)c1=O.C/C=C/n1nnn(C2CCC2)c1=O.C/C=C/n1nnn(C2CCC2)c1=O.C/C=C/n1nnn(C2CCCC2)c1=O.C/C=C/n1nnn(C2CCCCC2)c1=O.C/C=C/n1nnn(C2CN(C)C2)c1=O.C=S1(=O)CC(n2nnn(/C=C/C)c2=O)C1.CC. The van der Waals surface area contributed by atoms with Gasteiger partial charge in [0.25, 0.3) is 0 Å². The van der Waals surface area contributed by atoms with Crippen LogP contribution in [0.5, 0.6) is 0 Å². The van der Waals surface area contributed by atoms with Crippen LogP contribution in [0.2, 0.25) is 0 Å². The summed E-state index contributed by atoms with van der Waals surface area (Å²) in [7, 11) is 0.0585. The molecule has 9 aliphatic rings. The second-order valence-electron chi connectivity index (χ2n) is 33.3. The molecule has 0 radical (unpaired) electrons. The van der Waals surface area contributed by atoms with Crippen molar-refractivity contribution >= 4 is 77.4 Å². The summed E-state index contributed by atoms with van der Waals surface area (Å²) in [6.45, 7) is 24.1. The van der Waals surface area contributed by atoms with E-state index < -0.39 is 9.52 Å². The van der Waals surface area contributed by atoms with Gasteiger partial charge in [-0.05, 0) is 324 Å². The van der Waals surface area contributed by atoms with Gasteiger partial charge in [0.15, 0.2) is 0 Å². The van der Waals surface area contributed by atoms with Crippen LogP contribution < -0.4 is 56.9 Å². The lowest BCUT2D eigenvalue weighted by Gasteiger charge is -2.34. The number of nitrogens with zero attached hydrogens (tertiary/aromatic N) is 41. The van der Waals surface area contributed by atoms with E-state index in [4.69, 9.17) is 0 Å². The number of likely N-dealkylation sites (N-methyl/N-ethyl adjacent to an activating group) is 1. The molecule has 12 heterocycles. The van der Waals surface area contributed by atoms with Crippen LogP contribution in [-0.4, -0.2) is 245 Å². The number of tetrazole rings is 10. The smallest absolute Gasteiger partial charge is 0.302 e. The molecule has 0 atom stereocenters. The Morgan fingerprint density at radius 2 is 0.432 bits per heavy atom. The fourth-order valence-electron chi connectivity index (χ4n) is 14.7. The zero-order valence-corrected chi connectivity index (χ0v) is 82.0. The summed E-state index contributed by atoms with van der Waals surface area (Å²) >= 11 is 0. The molecule has 0 bridgehead atoms. The number of hydrogen-bond donors (Lipinski definition) is 0. The van der Waals surface area contributed by atoms with E-state index in [2.05, 4.69) is 115 Å². The molecule has 0 spiro atoms. The highest BCUT2D eigenvalue weighted by atomic mass is 32.2. The molecule has 0 amide bonds. The monoisotopic (exact) mass is 1940 g/mol. The molecule has 2 saturated heterocycles. The standard InChI is InChI=1S/C10H16N4O.C10H10N4O.C9H14N4O.C8H13N5O.C8H12N4O2S.4C8H12N4O.C7H10N4O.C2H6/c2*1-2-8-13-10(15)14(12-11-13)9-6-4-3-5-7-9;1-2-7-12-9(14)13(11-10-12)8-5-3-4-6-8;1-3-4-12-8(14)13(10-9-12)7-5-11(2)6-7;1-3-4-11-8(13)12(10-9-11)7-5-15(2,14)6-7;4*1-2-6-11-8(13)12(10-9-11)7-4-3-5-7;1-2-5-10-7(12)11(9-8-10)6-3-4-6;1-2/h2,8-9H,3-7H2,1H3;2-8H,1H3;2,7-8H,3-6H2,1H3;3-4,7H,5-6H2,1-2H3;3-4,7H,2,5-6H2,1H3;4*2,6-7H,3-5H2,1H3;2,5-6H,3-4H2,1H3;1-2H3/b2*8-2+;7-2+;2*4-3+;4*6-2+;5-2+;. The largest absolute Gasteiger partial charge is 0.372 e. The fraction of sp³-hybridized carbons (Fsp3) is 0.570. The van der Waals surface area contributed by atoms with E-state index in [0.717, 1.165) is 108 Å². The van der Waals surface area contributed by atoms with Crippen LogP contribution in [0.15, 0.2) is 139 Å². The Hall–Kier alpha value is -14.7. The van der Waals surface area contributed by atoms with Crippen LogP contribution in [0.3, 0.4) is 0 Å². The molecule has 53 heteroatoms. The number of rotatable bonds is 20. The van der Waals surface area contributed by atoms with Gasteiger partial charge in [-0.1, -0.05) is 125 Å². The summed E-state index contributed by atoms with van der Waals surface area (Å²) in [5.41, 5.74) is -0.978. The van der Waals surface area contributed by atoms with Gasteiger partial charge in [-0.3, -0.25) is 4.21 Å². The van der Waals surface area contributed by atoms with Crippen molar-refractivity contribution in [2.75, 3.05) is 31.6 Å². The van der Waals surface area contributed by atoms with E-state index in [1.54, 1.807) is 136 Å². The minimum absolute atomic E-state index is 0.110. The average molecular weight is 1950 g/mol. The van der Waals surface area contributed by atoms with Crippen molar-refractivity contribution in [3.05, 3.63) is 196 Å². The van der Waals surface area contributed by atoms with Gasteiger partial charge in [0, 0.05) is 86.6 Å². The Labute approximate surface area is 799 Å². The maximum Gasteiger partial charge on any atom is 0.372 e. The van der Waals surface area contributed by atoms with Gasteiger partial charge in [0.2, 0.25) is 0 Å². The van der Waals surface area contributed by atoms with Gasteiger partial charge in [-0.2, -0.15) is 93.6 Å². The first-order valence-electron chi connectivity index (χ1n) is 47.1. The third-order valence-corrected chi connectivity index (χ3v) is 25.0. The van der Waals surface area contributed by atoms with Gasteiger partial charge in [-0.15, -0.1) is 0 Å². The zero-order valence-electron chi connectivity index (χ0n) is 81.2. The van der Waals surface area contributed by atoms with Gasteiger partial charge in [0.05, 0.1) is 60.1 Å². The predicted molar refractivity (Wildman–Crippen MR) is 526 cm³/mol. The van der Waals surface area contributed by atoms with Crippen LogP contribution in [0.4, 0.5) is 0 Å². The van der Waals surface area contributed by atoms with Gasteiger partial charge in [-0.25, -0.2) is 47.9 Å². The molecule has 7 aliphatic carbocycles. The molecule has 7 saturated carbocycles. The maximum atomic E-state index is 11.8. The lowest BCUT2D eigenvalue weighted by atomic mass is 9.93. The van der Waals surface area contributed by atoms with Crippen molar-refractivity contribution in [3.63, 3.8) is 0 Å². The fourth-order valence-corrected chi connectivity index (χ4v) is 16.3. The second kappa shape index (κ2) is 53.1. The van der Waals surface area contributed by atoms with Gasteiger partial charge >= 0.3 is 56.9 Å². The van der Waals surface area contributed by atoms with E-state index in [1.165, 1.54) is 153 Å². The summed E-state index contributed by atoms with van der Waals surface area (Å²) in [6, 6.07) is 11.2. The number of hydrogen-bond acceptors (Lipinski definition) is 32. The van der Waals surface area contributed by atoms with Crippen LogP contribution in [0.1, 0.15) is 285 Å². The Balaban J connectivity index is 0.000000159. The highest BCUT2D eigenvalue weighted by Crippen LogP contribution is 2.34. The second-order valence-corrected chi connectivity index (χ2v) is 35.9. The van der Waals surface area contributed by atoms with Gasteiger partial charge < -0.3 is 4.90 Å². The molecule has 52 nitrogen and oxygen atoms in total. The molecular formula is C86H129N41O11S. The number of para-hydroxylation sites is 1. The first-order valence-corrected chi connectivity index (χ1v) is 49.2. The minimum Gasteiger partial charge on any atom is -0.302 e. The summed E-state index contributed by atoms with van der Waals surface area (Å²) < 4.78 is 38.2. The van der Waals surface area contributed by atoms with Crippen molar-refractivity contribution in [2.24, 2.45) is 0 Å². The normalized spacial score (nSPS) is 18.5. The molecule has 1 aromatic carbocycles. The van der Waals surface area contributed by atoms with E-state index in [9.17, 15) is 52.2 Å². The van der Waals surface area contributed by atoms with E-state index in [-0.39, 0.29) is 105 Å². The number of aromatic nitrogens is 40. The first-order chi connectivity index (χ1) is 67.4. The minimum atomic E-state index is -1.95. The molecule has 9 fully saturated rings. The van der Waals surface area contributed by atoms with E-state index in [1.807, 2.05) is 101 Å². The van der Waals surface area contributed by atoms with Crippen molar-refractivity contribution in [3.8, 4) is 5.69 Å². The highest BCUT2D eigenvalue weighted by molar-refractivity contribution is 8.01. The maximum absolute atomic E-state index is 11.8. The molecule has 11 aromatic rings. The summed E-state index contributed by atoms with van der Waals surface area (Å²) in [6.07, 6.45) is 59.1. The third kappa shape index (κ3) is 28.3. The molecule has 10 aromatic heterocycles. The Morgan fingerprint density at radius 3 is 0.626 bits per heavy atom. The lowest BCUT2D eigenvalue weighted by Crippen LogP contribution is -2.48. The van der Waals surface area contributed by atoms with Crippen molar-refractivity contribution < 1.29 is 4.21 Å². The van der Waals surface area contributed by atoms with E-state index in [0.29, 0.717) is 23.2 Å². The zero-order chi connectivity index (χ0) is 100. The van der Waals surface area contributed by atoms with Crippen LogP contribution in [0.25, 0.3) is 67.7 Å². The Kier molecular flexibility index (Phi) is 40.7. The number of allylic oxidation sites excluding steroid dienone is 10. The van der Waals surface area contributed by atoms with Crippen LogP contribution in [-0.2, 0) is 9.52 Å². The molecular weight excluding hydrogens is 1820 g/mol.